The summed E-state index contributed by atoms with van der Waals surface area (Å²) in [5.41, 5.74) is 0.0760. The van der Waals surface area contributed by atoms with Crippen LogP contribution in [0.25, 0.3) is 0 Å². The molecular formula is C16H21N5O3. The number of ether oxygens (including phenoxy) is 1. The van der Waals surface area contributed by atoms with Crippen molar-refractivity contribution in [3.05, 3.63) is 42.0 Å². The third-order valence-electron chi connectivity index (χ3n) is 2.99. The molecule has 0 bridgehead atoms. The lowest BCUT2D eigenvalue weighted by Gasteiger charge is -2.21. The van der Waals surface area contributed by atoms with E-state index in [1.165, 1.54) is 11.2 Å². The van der Waals surface area contributed by atoms with Crippen LogP contribution in [0.15, 0.2) is 30.6 Å². The Balaban J connectivity index is 2.09. The van der Waals surface area contributed by atoms with Gasteiger partial charge in [-0.05, 0) is 32.9 Å². The molecule has 0 atom stereocenters. The summed E-state index contributed by atoms with van der Waals surface area (Å²) >= 11 is 0. The average molecular weight is 331 g/mol. The molecule has 128 valence electrons. The molecule has 0 fully saturated rings. The van der Waals surface area contributed by atoms with E-state index in [1.54, 1.807) is 52.1 Å². The SMILES string of the molecule is CN(Cc1ncn[nH]1)C(=O)Nc1ccccc1C(=O)OC(C)(C)C. The second-order valence-corrected chi connectivity index (χ2v) is 6.27. The van der Waals surface area contributed by atoms with Crippen LogP contribution < -0.4 is 5.32 Å². The zero-order valence-corrected chi connectivity index (χ0v) is 14.2. The fourth-order valence-electron chi connectivity index (χ4n) is 1.92. The molecule has 2 amide bonds. The summed E-state index contributed by atoms with van der Waals surface area (Å²) in [7, 11) is 1.62. The number of carbonyl (C=O) groups is 2. The maximum Gasteiger partial charge on any atom is 0.340 e. The van der Waals surface area contributed by atoms with E-state index in [0.29, 0.717) is 17.1 Å². The second kappa shape index (κ2) is 7.12. The fourth-order valence-corrected chi connectivity index (χ4v) is 1.92. The number of hydrogen-bond acceptors (Lipinski definition) is 5. The lowest BCUT2D eigenvalue weighted by atomic mass is 10.1. The van der Waals surface area contributed by atoms with Gasteiger partial charge in [-0.1, -0.05) is 12.1 Å². The molecule has 8 nitrogen and oxygen atoms in total. The van der Waals surface area contributed by atoms with E-state index in [1.807, 2.05) is 0 Å². The van der Waals surface area contributed by atoms with Gasteiger partial charge < -0.3 is 15.0 Å². The van der Waals surface area contributed by atoms with Crippen molar-refractivity contribution in [2.24, 2.45) is 0 Å². The average Bonchev–Trinajstić information content (AvgIpc) is 2.98. The van der Waals surface area contributed by atoms with Crippen LogP contribution in [0.3, 0.4) is 0 Å². The normalized spacial score (nSPS) is 11.0. The highest BCUT2D eigenvalue weighted by Gasteiger charge is 2.21. The van der Waals surface area contributed by atoms with Crippen LogP contribution in [-0.4, -0.2) is 44.7 Å². The summed E-state index contributed by atoms with van der Waals surface area (Å²) in [4.78, 5) is 30.0. The first-order chi connectivity index (χ1) is 11.3. The zero-order chi connectivity index (χ0) is 17.7. The van der Waals surface area contributed by atoms with Crippen molar-refractivity contribution < 1.29 is 14.3 Å². The van der Waals surface area contributed by atoms with Crippen molar-refractivity contribution in [1.82, 2.24) is 20.1 Å². The third kappa shape index (κ3) is 4.80. The minimum Gasteiger partial charge on any atom is -0.456 e. The number of anilines is 1. The lowest BCUT2D eigenvalue weighted by molar-refractivity contribution is 0.00708. The number of urea groups is 1. The number of nitrogens with one attached hydrogen (secondary N) is 2. The number of amides is 2. The number of para-hydroxylation sites is 1. The molecule has 0 aliphatic rings. The summed E-state index contributed by atoms with van der Waals surface area (Å²) in [5.74, 6) is 0.0735. The summed E-state index contributed by atoms with van der Waals surface area (Å²) in [5, 5.41) is 9.13. The highest BCUT2D eigenvalue weighted by molar-refractivity contribution is 6.00. The van der Waals surface area contributed by atoms with Gasteiger partial charge in [0.2, 0.25) is 0 Å². The smallest absolute Gasteiger partial charge is 0.340 e. The lowest BCUT2D eigenvalue weighted by Crippen LogP contribution is -2.32. The molecule has 0 unspecified atom stereocenters. The molecule has 0 spiro atoms. The van der Waals surface area contributed by atoms with Crippen LogP contribution in [0.5, 0.6) is 0 Å². The van der Waals surface area contributed by atoms with Gasteiger partial charge in [0.25, 0.3) is 0 Å². The summed E-state index contributed by atoms with van der Waals surface area (Å²) in [6, 6.07) is 6.34. The van der Waals surface area contributed by atoms with Crippen molar-refractivity contribution in [3.8, 4) is 0 Å². The molecule has 8 heteroatoms. The number of rotatable bonds is 4. The first-order valence-corrected chi connectivity index (χ1v) is 7.45. The van der Waals surface area contributed by atoms with E-state index < -0.39 is 11.6 Å². The van der Waals surface area contributed by atoms with E-state index >= 15 is 0 Å². The van der Waals surface area contributed by atoms with Gasteiger partial charge in [-0.2, -0.15) is 5.10 Å². The highest BCUT2D eigenvalue weighted by atomic mass is 16.6. The Hall–Kier alpha value is -2.90. The van der Waals surface area contributed by atoms with Gasteiger partial charge in [-0.3, -0.25) is 5.10 Å². The molecule has 24 heavy (non-hydrogen) atoms. The molecule has 1 aromatic carbocycles. The molecule has 0 saturated carbocycles. The maximum atomic E-state index is 12.3. The molecule has 2 aromatic rings. The number of aromatic amines is 1. The Kier molecular flexibility index (Phi) is 5.18. The summed E-state index contributed by atoms with van der Waals surface area (Å²) in [6.07, 6.45) is 1.37. The van der Waals surface area contributed by atoms with E-state index in [2.05, 4.69) is 20.5 Å². The molecule has 1 heterocycles. The first-order valence-electron chi connectivity index (χ1n) is 7.45. The second-order valence-electron chi connectivity index (χ2n) is 6.27. The van der Waals surface area contributed by atoms with Crippen LogP contribution in [0, 0.1) is 0 Å². The van der Waals surface area contributed by atoms with Gasteiger partial charge in [0.05, 0.1) is 17.8 Å². The molecule has 1 aromatic heterocycles. The van der Waals surface area contributed by atoms with Gasteiger partial charge in [0, 0.05) is 7.05 Å². The topological polar surface area (TPSA) is 100 Å². The number of esters is 1. The van der Waals surface area contributed by atoms with Crippen LogP contribution in [-0.2, 0) is 11.3 Å². The minimum atomic E-state index is -0.614. The molecule has 0 aliphatic heterocycles. The minimum absolute atomic E-state index is 0.264. The van der Waals surface area contributed by atoms with Gasteiger partial charge in [0.15, 0.2) is 0 Å². The highest BCUT2D eigenvalue weighted by Crippen LogP contribution is 2.20. The van der Waals surface area contributed by atoms with Crippen LogP contribution in [0.2, 0.25) is 0 Å². The van der Waals surface area contributed by atoms with Gasteiger partial charge in [-0.15, -0.1) is 0 Å². The number of nitrogens with zero attached hydrogens (tertiary/aromatic N) is 3. The zero-order valence-electron chi connectivity index (χ0n) is 14.2. The van der Waals surface area contributed by atoms with Crippen LogP contribution >= 0.6 is 0 Å². The number of H-pyrrole nitrogens is 1. The van der Waals surface area contributed by atoms with E-state index in [-0.39, 0.29) is 12.6 Å². The monoisotopic (exact) mass is 331 g/mol. The van der Waals surface area contributed by atoms with Crippen molar-refractivity contribution in [3.63, 3.8) is 0 Å². The van der Waals surface area contributed by atoms with Crippen LogP contribution in [0.1, 0.15) is 37.0 Å². The predicted molar refractivity (Wildman–Crippen MR) is 88.5 cm³/mol. The maximum absolute atomic E-state index is 12.3. The number of aromatic nitrogens is 3. The number of carbonyl (C=O) groups excluding carboxylic acids is 2. The van der Waals surface area contributed by atoms with Gasteiger partial charge in [0.1, 0.15) is 17.8 Å². The molecule has 0 saturated heterocycles. The van der Waals surface area contributed by atoms with Gasteiger partial charge in [-0.25, -0.2) is 14.6 Å². The number of benzene rings is 1. The van der Waals surface area contributed by atoms with Crippen LogP contribution in [0.4, 0.5) is 10.5 Å². The quantitative estimate of drug-likeness (QED) is 0.838. The molecule has 2 rings (SSSR count). The standard InChI is InChI=1S/C16H21N5O3/c1-16(2,3)24-14(22)11-7-5-6-8-12(11)19-15(23)21(4)9-13-17-10-18-20-13/h5-8,10H,9H2,1-4H3,(H,19,23)(H,17,18,20). The largest absolute Gasteiger partial charge is 0.456 e. The van der Waals surface area contributed by atoms with Crippen molar-refractivity contribution in [2.75, 3.05) is 12.4 Å². The predicted octanol–water partition coefficient (Wildman–Crippen LogP) is 2.42. The fraction of sp³-hybridized carbons (Fsp3) is 0.375. The van der Waals surface area contributed by atoms with E-state index in [4.69, 9.17) is 4.74 Å². The number of hydrogen-bond donors (Lipinski definition) is 2. The van der Waals surface area contributed by atoms with Crippen molar-refractivity contribution in [1.29, 1.82) is 0 Å². The molecule has 0 aliphatic carbocycles. The Morgan fingerprint density at radius 2 is 2.00 bits per heavy atom. The van der Waals surface area contributed by atoms with E-state index in [9.17, 15) is 9.59 Å². The van der Waals surface area contributed by atoms with Crippen molar-refractivity contribution in [2.45, 2.75) is 32.9 Å². The molecule has 0 radical (unpaired) electrons. The summed E-state index contributed by atoms with van der Waals surface area (Å²) in [6.45, 7) is 5.63. The molecule has 2 N–H and O–H groups in total. The summed E-state index contributed by atoms with van der Waals surface area (Å²) < 4.78 is 5.36. The Labute approximate surface area is 140 Å². The third-order valence-corrected chi connectivity index (χ3v) is 2.99. The van der Waals surface area contributed by atoms with E-state index in [0.717, 1.165) is 0 Å². The Morgan fingerprint density at radius 3 is 2.62 bits per heavy atom. The Bertz CT molecular complexity index is 707. The van der Waals surface area contributed by atoms with Crippen molar-refractivity contribution >= 4 is 17.7 Å². The molecular weight excluding hydrogens is 310 g/mol. The first kappa shape index (κ1) is 17.5. The Morgan fingerprint density at radius 1 is 1.29 bits per heavy atom. The van der Waals surface area contributed by atoms with Gasteiger partial charge >= 0.3 is 12.0 Å².